The van der Waals surface area contributed by atoms with Crippen LogP contribution in [0.1, 0.15) is 33.2 Å². The average Bonchev–Trinajstić information content (AvgIpc) is 2.85. The van der Waals surface area contributed by atoms with Gasteiger partial charge in [0, 0.05) is 10.0 Å². The number of halogens is 1. The lowest BCUT2D eigenvalue weighted by Gasteiger charge is -2.11. The molecule has 1 N–H and O–H groups in total. The first-order valence-corrected chi connectivity index (χ1v) is 11.0. The van der Waals surface area contributed by atoms with Crippen LogP contribution in [0.15, 0.2) is 70.2 Å². The summed E-state index contributed by atoms with van der Waals surface area (Å²) in [5, 5.41) is 4.02. The average molecular weight is 527 g/mol. The van der Waals surface area contributed by atoms with Crippen molar-refractivity contribution in [2.45, 2.75) is 6.92 Å². The van der Waals surface area contributed by atoms with Gasteiger partial charge in [-0.3, -0.25) is 4.79 Å². The molecule has 3 rings (SSSR count). The molecule has 0 saturated carbocycles. The SMILES string of the molecule is CCOc1ccccc1C(=O)N/N=C\c1cc(Br)ccc1OC(=O)c1ccc(OC)c(OC)c1. The minimum Gasteiger partial charge on any atom is -0.493 e. The van der Waals surface area contributed by atoms with Gasteiger partial charge >= 0.3 is 5.97 Å². The molecule has 0 aliphatic rings. The van der Waals surface area contributed by atoms with Gasteiger partial charge in [-0.2, -0.15) is 5.10 Å². The molecule has 0 unspecified atom stereocenters. The van der Waals surface area contributed by atoms with E-state index in [9.17, 15) is 9.59 Å². The zero-order chi connectivity index (χ0) is 24.5. The number of nitrogens with zero attached hydrogens (tertiary/aromatic N) is 1. The second-order valence-electron chi connectivity index (χ2n) is 6.77. The number of amides is 1. The van der Waals surface area contributed by atoms with Gasteiger partial charge in [0.25, 0.3) is 5.91 Å². The molecule has 3 aromatic carbocycles. The Balaban J connectivity index is 1.77. The van der Waals surface area contributed by atoms with Crippen LogP contribution in [0.2, 0.25) is 0 Å². The number of rotatable bonds is 9. The van der Waals surface area contributed by atoms with E-state index in [1.165, 1.54) is 26.5 Å². The fourth-order valence-electron chi connectivity index (χ4n) is 2.99. The van der Waals surface area contributed by atoms with E-state index < -0.39 is 11.9 Å². The van der Waals surface area contributed by atoms with Crippen molar-refractivity contribution >= 4 is 34.0 Å². The highest BCUT2D eigenvalue weighted by molar-refractivity contribution is 9.10. The van der Waals surface area contributed by atoms with E-state index in [0.717, 1.165) is 4.47 Å². The summed E-state index contributed by atoms with van der Waals surface area (Å²) in [6.45, 7) is 2.27. The fourth-order valence-corrected chi connectivity index (χ4v) is 3.37. The zero-order valence-corrected chi connectivity index (χ0v) is 20.4. The molecule has 0 aliphatic heterocycles. The van der Waals surface area contributed by atoms with E-state index in [1.54, 1.807) is 54.6 Å². The molecule has 3 aromatic rings. The van der Waals surface area contributed by atoms with Crippen molar-refractivity contribution in [2.75, 3.05) is 20.8 Å². The van der Waals surface area contributed by atoms with Crippen LogP contribution in [0.4, 0.5) is 0 Å². The molecule has 34 heavy (non-hydrogen) atoms. The van der Waals surface area contributed by atoms with Crippen molar-refractivity contribution in [3.05, 3.63) is 81.8 Å². The van der Waals surface area contributed by atoms with Crippen molar-refractivity contribution in [3.8, 4) is 23.0 Å². The number of carbonyl (C=O) groups excluding carboxylic acids is 2. The van der Waals surface area contributed by atoms with Gasteiger partial charge in [-0.25, -0.2) is 10.2 Å². The van der Waals surface area contributed by atoms with Gasteiger partial charge in [-0.05, 0) is 55.5 Å². The Kier molecular flexibility index (Phi) is 8.64. The van der Waals surface area contributed by atoms with Gasteiger partial charge in [0.15, 0.2) is 11.5 Å². The van der Waals surface area contributed by atoms with Gasteiger partial charge in [-0.15, -0.1) is 0 Å². The molecule has 8 nitrogen and oxygen atoms in total. The molecule has 0 aromatic heterocycles. The van der Waals surface area contributed by atoms with E-state index in [2.05, 4.69) is 26.5 Å². The van der Waals surface area contributed by atoms with Crippen molar-refractivity contribution in [3.63, 3.8) is 0 Å². The quantitative estimate of drug-likeness (QED) is 0.185. The summed E-state index contributed by atoms with van der Waals surface area (Å²) < 4.78 is 22.2. The minimum absolute atomic E-state index is 0.260. The summed E-state index contributed by atoms with van der Waals surface area (Å²) in [6.07, 6.45) is 1.39. The molecule has 1 amide bonds. The standard InChI is InChI=1S/C25H23BrN2O6/c1-4-33-21-8-6-5-7-19(21)24(29)28-27-15-17-13-18(26)10-12-20(17)34-25(30)16-9-11-22(31-2)23(14-16)32-3/h5-15H,4H2,1-3H3,(H,28,29)/b27-15-. The molecule has 176 valence electrons. The first-order chi connectivity index (χ1) is 16.5. The molecule has 0 atom stereocenters. The van der Waals surface area contributed by atoms with Crippen molar-refractivity contribution in [2.24, 2.45) is 5.10 Å². The predicted octanol–water partition coefficient (Wildman–Crippen LogP) is 4.85. The lowest BCUT2D eigenvalue weighted by molar-refractivity contribution is 0.0733. The number of para-hydroxylation sites is 1. The number of hydrazone groups is 1. The smallest absolute Gasteiger partial charge is 0.343 e. The van der Waals surface area contributed by atoms with Crippen LogP contribution in [0.25, 0.3) is 0 Å². The lowest BCUT2D eigenvalue weighted by Crippen LogP contribution is -2.19. The number of hydrogen-bond donors (Lipinski definition) is 1. The minimum atomic E-state index is -0.590. The number of nitrogens with one attached hydrogen (secondary N) is 1. The van der Waals surface area contributed by atoms with E-state index in [1.807, 2.05) is 6.92 Å². The number of ether oxygens (including phenoxy) is 4. The molecular formula is C25H23BrN2O6. The number of carbonyl (C=O) groups is 2. The van der Waals surface area contributed by atoms with Crippen molar-refractivity contribution in [1.29, 1.82) is 0 Å². The molecule has 0 fully saturated rings. The third-order valence-electron chi connectivity index (χ3n) is 4.59. The first kappa shape index (κ1) is 24.8. The lowest BCUT2D eigenvalue weighted by atomic mass is 10.2. The molecule has 0 bridgehead atoms. The highest BCUT2D eigenvalue weighted by atomic mass is 79.9. The van der Waals surface area contributed by atoms with E-state index in [0.29, 0.717) is 35.0 Å². The van der Waals surface area contributed by atoms with Crippen LogP contribution in [-0.2, 0) is 0 Å². The molecule has 0 heterocycles. The predicted molar refractivity (Wildman–Crippen MR) is 131 cm³/mol. The maximum Gasteiger partial charge on any atom is 0.343 e. The van der Waals surface area contributed by atoms with Gasteiger partial charge in [0.1, 0.15) is 11.5 Å². The van der Waals surface area contributed by atoms with E-state index in [-0.39, 0.29) is 11.3 Å². The van der Waals surface area contributed by atoms with Gasteiger partial charge in [0.05, 0.1) is 38.2 Å². The second-order valence-corrected chi connectivity index (χ2v) is 7.69. The number of benzene rings is 3. The van der Waals surface area contributed by atoms with Crippen LogP contribution >= 0.6 is 15.9 Å². The summed E-state index contributed by atoms with van der Waals surface area (Å²) in [5.74, 6) is 0.605. The zero-order valence-electron chi connectivity index (χ0n) is 18.8. The molecule has 0 spiro atoms. The maximum atomic E-state index is 12.7. The molecule has 0 aliphatic carbocycles. The number of esters is 1. The van der Waals surface area contributed by atoms with Crippen molar-refractivity contribution in [1.82, 2.24) is 5.43 Å². The third-order valence-corrected chi connectivity index (χ3v) is 5.09. The molecule has 0 radical (unpaired) electrons. The van der Waals surface area contributed by atoms with Crippen LogP contribution in [-0.4, -0.2) is 38.9 Å². The maximum absolute atomic E-state index is 12.7. The van der Waals surface area contributed by atoms with Crippen LogP contribution in [0, 0.1) is 0 Å². The van der Waals surface area contributed by atoms with E-state index >= 15 is 0 Å². The summed E-state index contributed by atoms with van der Waals surface area (Å²) in [5.41, 5.74) is 3.58. The summed E-state index contributed by atoms with van der Waals surface area (Å²) in [7, 11) is 2.99. The third kappa shape index (κ3) is 6.14. The van der Waals surface area contributed by atoms with Gasteiger partial charge in [0.2, 0.25) is 0 Å². The normalized spacial score (nSPS) is 10.6. The van der Waals surface area contributed by atoms with Crippen LogP contribution < -0.4 is 24.4 Å². The Bertz CT molecular complexity index is 1210. The highest BCUT2D eigenvalue weighted by Gasteiger charge is 2.15. The second kappa shape index (κ2) is 11.9. The van der Waals surface area contributed by atoms with Crippen LogP contribution in [0.3, 0.4) is 0 Å². The molecule has 0 saturated heterocycles. The van der Waals surface area contributed by atoms with Crippen LogP contribution in [0.5, 0.6) is 23.0 Å². The first-order valence-electron chi connectivity index (χ1n) is 10.3. The largest absolute Gasteiger partial charge is 0.493 e. The Morgan fingerprint density at radius 1 is 0.941 bits per heavy atom. The Labute approximate surface area is 205 Å². The highest BCUT2D eigenvalue weighted by Crippen LogP contribution is 2.29. The fraction of sp³-hybridized carbons (Fsp3) is 0.160. The summed E-state index contributed by atoms with van der Waals surface area (Å²) >= 11 is 3.39. The number of methoxy groups -OCH3 is 2. The van der Waals surface area contributed by atoms with Gasteiger partial charge < -0.3 is 18.9 Å². The van der Waals surface area contributed by atoms with Crippen molar-refractivity contribution < 1.29 is 28.5 Å². The summed E-state index contributed by atoms with van der Waals surface area (Å²) in [4.78, 5) is 25.3. The Hall–Kier alpha value is -3.85. The monoisotopic (exact) mass is 526 g/mol. The number of hydrogen-bond acceptors (Lipinski definition) is 7. The van der Waals surface area contributed by atoms with Gasteiger partial charge in [-0.1, -0.05) is 28.1 Å². The molecular weight excluding hydrogens is 504 g/mol. The Morgan fingerprint density at radius 2 is 1.68 bits per heavy atom. The Morgan fingerprint density at radius 3 is 2.41 bits per heavy atom. The topological polar surface area (TPSA) is 95.5 Å². The molecule has 9 heteroatoms. The van der Waals surface area contributed by atoms with E-state index in [4.69, 9.17) is 18.9 Å². The summed E-state index contributed by atoms with van der Waals surface area (Å²) in [6, 6.07) is 16.7.